The molecule has 0 bridgehead atoms. The van der Waals surface area contributed by atoms with Crippen LogP contribution in [0, 0.1) is 11.3 Å². The van der Waals surface area contributed by atoms with Crippen molar-refractivity contribution in [1.29, 1.82) is 5.26 Å². The maximum absolute atomic E-state index is 12.5. The maximum atomic E-state index is 12.5. The average Bonchev–Trinajstić information content (AvgIpc) is 2.56. The largest absolute Gasteiger partial charge is 0.506 e. The standard InChI is InChI=1S/C18H20N2O3S/c1-4-18(2,3)14-8-9-17(21)16(11-14)20-24(22,23)15-7-5-6-13(10-15)12-19/h5-11,20-21H,4H2,1-3H3. The number of nitrogens with one attached hydrogen (secondary N) is 1. The molecule has 24 heavy (non-hydrogen) atoms. The molecule has 0 atom stereocenters. The second-order valence-electron chi connectivity index (χ2n) is 6.21. The molecule has 126 valence electrons. The van der Waals surface area contributed by atoms with Gasteiger partial charge in [0.2, 0.25) is 0 Å². The summed E-state index contributed by atoms with van der Waals surface area (Å²) in [6.07, 6.45) is 0.869. The molecule has 0 aliphatic heterocycles. The van der Waals surface area contributed by atoms with Gasteiger partial charge in [-0.1, -0.05) is 32.9 Å². The summed E-state index contributed by atoms with van der Waals surface area (Å²) < 4.78 is 27.4. The Morgan fingerprint density at radius 1 is 1.21 bits per heavy atom. The van der Waals surface area contributed by atoms with Crippen LogP contribution in [0.3, 0.4) is 0 Å². The number of sulfonamides is 1. The van der Waals surface area contributed by atoms with E-state index in [1.165, 1.54) is 30.3 Å². The van der Waals surface area contributed by atoms with Gasteiger partial charge in [-0.25, -0.2) is 8.42 Å². The zero-order valence-electron chi connectivity index (χ0n) is 13.9. The summed E-state index contributed by atoms with van der Waals surface area (Å²) in [4.78, 5) is -0.0268. The van der Waals surface area contributed by atoms with E-state index in [1.54, 1.807) is 12.1 Å². The van der Waals surface area contributed by atoms with Gasteiger partial charge in [-0.15, -0.1) is 0 Å². The molecular formula is C18H20N2O3S. The minimum Gasteiger partial charge on any atom is -0.506 e. The van der Waals surface area contributed by atoms with E-state index in [0.29, 0.717) is 0 Å². The third kappa shape index (κ3) is 3.69. The summed E-state index contributed by atoms with van der Waals surface area (Å²) in [5.41, 5.74) is 1.15. The van der Waals surface area contributed by atoms with Crippen LogP contribution < -0.4 is 4.72 Å². The van der Waals surface area contributed by atoms with Crippen LogP contribution in [-0.2, 0) is 15.4 Å². The number of nitriles is 1. The Bertz CT molecular complexity index is 897. The summed E-state index contributed by atoms with van der Waals surface area (Å²) in [6.45, 7) is 6.15. The molecule has 0 aliphatic carbocycles. The molecule has 2 N–H and O–H groups in total. The molecule has 0 radical (unpaired) electrons. The lowest BCUT2D eigenvalue weighted by Gasteiger charge is -2.24. The monoisotopic (exact) mass is 344 g/mol. The molecule has 0 fully saturated rings. The van der Waals surface area contributed by atoms with Crippen LogP contribution in [0.1, 0.15) is 38.3 Å². The van der Waals surface area contributed by atoms with E-state index in [4.69, 9.17) is 5.26 Å². The molecule has 0 aliphatic rings. The van der Waals surface area contributed by atoms with Gasteiger partial charge in [-0.3, -0.25) is 4.72 Å². The molecule has 0 saturated carbocycles. The van der Waals surface area contributed by atoms with Crippen molar-refractivity contribution in [3.05, 3.63) is 53.6 Å². The van der Waals surface area contributed by atoms with Gasteiger partial charge in [-0.2, -0.15) is 5.26 Å². The molecule has 0 saturated heterocycles. The molecule has 2 rings (SSSR count). The van der Waals surface area contributed by atoms with E-state index >= 15 is 0 Å². The normalized spacial score (nSPS) is 11.8. The van der Waals surface area contributed by atoms with Gasteiger partial charge >= 0.3 is 0 Å². The fourth-order valence-corrected chi connectivity index (χ4v) is 3.29. The molecule has 0 unspecified atom stereocenters. The molecule has 0 amide bonds. The van der Waals surface area contributed by atoms with Crippen molar-refractivity contribution in [1.82, 2.24) is 0 Å². The van der Waals surface area contributed by atoms with Crippen molar-refractivity contribution in [2.24, 2.45) is 0 Å². The maximum Gasteiger partial charge on any atom is 0.262 e. The lowest BCUT2D eigenvalue weighted by atomic mass is 9.82. The summed E-state index contributed by atoms with van der Waals surface area (Å²) in [6, 6.07) is 12.5. The first-order valence-electron chi connectivity index (χ1n) is 7.56. The summed E-state index contributed by atoms with van der Waals surface area (Å²) in [5.74, 6) is -0.148. The van der Waals surface area contributed by atoms with Gasteiger partial charge in [0.05, 0.1) is 22.2 Å². The van der Waals surface area contributed by atoms with Crippen molar-refractivity contribution in [3.8, 4) is 11.8 Å². The van der Waals surface area contributed by atoms with Gasteiger partial charge in [0.15, 0.2) is 0 Å². The molecule has 2 aromatic rings. The molecule has 0 spiro atoms. The summed E-state index contributed by atoms with van der Waals surface area (Å²) in [7, 11) is -3.90. The summed E-state index contributed by atoms with van der Waals surface area (Å²) >= 11 is 0. The number of phenolic OH excluding ortho intramolecular Hbond substituents is 1. The molecule has 0 aromatic heterocycles. The fourth-order valence-electron chi connectivity index (χ4n) is 2.18. The molecule has 0 heterocycles. The van der Waals surface area contributed by atoms with E-state index in [-0.39, 0.29) is 27.3 Å². The smallest absolute Gasteiger partial charge is 0.262 e. The quantitative estimate of drug-likeness (QED) is 0.808. The Morgan fingerprint density at radius 3 is 2.54 bits per heavy atom. The number of anilines is 1. The second-order valence-corrected chi connectivity index (χ2v) is 7.90. The van der Waals surface area contributed by atoms with Crippen LogP contribution >= 0.6 is 0 Å². The number of benzene rings is 2. The highest BCUT2D eigenvalue weighted by atomic mass is 32.2. The molecule has 5 nitrogen and oxygen atoms in total. The highest BCUT2D eigenvalue weighted by Gasteiger charge is 2.22. The first kappa shape index (κ1) is 17.8. The minimum absolute atomic E-state index is 0.0268. The number of rotatable bonds is 5. The van der Waals surface area contributed by atoms with E-state index in [9.17, 15) is 13.5 Å². The van der Waals surface area contributed by atoms with Crippen molar-refractivity contribution in [2.45, 2.75) is 37.5 Å². The molecule has 2 aromatic carbocycles. The first-order chi connectivity index (χ1) is 11.2. The van der Waals surface area contributed by atoms with E-state index in [0.717, 1.165) is 12.0 Å². The lowest BCUT2D eigenvalue weighted by molar-refractivity contribution is 0.474. The van der Waals surface area contributed by atoms with Crippen LogP contribution in [0.2, 0.25) is 0 Å². The van der Waals surface area contributed by atoms with Gasteiger partial charge in [0, 0.05) is 0 Å². The Labute approximate surface area is 142 Å². The number of hydrogen-bond acceptors (Lipinski definition) is 4. The Balaban J connectivity index is 2.43. The van der Waals surface area contributed by atoms with Gasteiger partial charge < -0.3 is 5.11 Å². The zero-order chi connectivity index (χ0) is 18.0. The van der Waals surface area contributed by atoms with E-state index in [1.807, 2.05) is 26.8 Å². The molecular weight excluding hydrogens is 324 g/mol. The predicted molar refractivity (Wildman–Crippen MR) is 93.4 cm³/mol. The van der Waals surface area contributed by atoms with Crippen LogP contribution in [0.5, 0.6) is 5.75 Å². The van der Waals surface area contributed by atoms with Gasteiger partial charge in [0.1, 0.15) is 5.75 Å². The van der Waals surface area contributed by atoms with E-state index in [2.05, 4.69) is 4.72 Å². The predicted octanol–water partition coefficient (Wildman–Crippen LogP) is 3.75. The Morgan fingerprint density at radius 2 is 1.92 bits per heavy atom. The fraction of sp³-hybridized carbons (Fsp3) is 0.278. The molecule has 6 heteroatoms. The van der Waals surface area contributed by atoms with Gasteiger partial charge in [0.25, 0.3) is 10.0 Å². The van der Waals surface area contributed by atoms with Crippen LogP contribution in [0.15, 0.2) is 47.4 Å². The van der Waals surface area contributed by atoms with Crippen LogP contribution in [0.4, 0.5) is 5.69 Å². The van der Waals surface area contributed by atoms with Crippen molar-refractivity contribution in [3.63, 3.8) is 0 Å². The van der Waals surface area contributed by atoms with E-state index < -0.39 is 10.0 Å². The second kappa shape index (κ2) is 6.54. The Kier molecular flexibility index (Phi) is 4.86. The Hall–Kier alpha value is -2.52. The topological polar surface area (TPSA) is 90.2 Å². The number of hydrogen-bond donors (Lipinski definition) is 2. The average molecular weight is 344 g/mol. The zero-order valence-corrected chi connectivity index (χ0v) is 14.7. The minimum atomic E-state index is -3.90. The number of aromatic hydroxyl groups is 1. The number of phenols is 1. The first-order valence-corrected chi connectivity index (χ1v) is 9.04. The summed E-state index contributed by atoms with van der Waals surface area (Å²) in [5, 5.41) is 18.9. The van der Waals surface area contributed by atoms with Crippen LogP contribution in [0.25, 0.3) is 0 Å². The van der Waals surface area contributed by atoms with Gasteiger partial charge in [-0.05, 0) is 47.7 Å². The third-order valence-electron chi connectivity index (χ3n) is 4.18. The van der Waals surface area contributed by atoms with Crippen LogP contribution in [-0.4, -0.2) is 13.5 Å². The lowest BCUT2D eigenvalue weighted by Crippen LogP contribution is -2.17. The highest BCUT2D eigenvalue weighted by molar-refractivity contribution is 7.92. The van der Waals surface area contributed by atoms with Crippen molar-refractivity contribution in [2.75, 3.05) is 4.72 Å². The number of nitrogens with zero attached hydrogens (tertiary/aromatic N) is 1. The SMILES string of the molecule is CCC(C)(C)c1ccc(O)c(NS(=O)(=O)c2cccc(C#N)c2)c1. The van der Waals surface area contributed by atoms with Crippen molar-refractivity contribution < 1.29 is 13.5 Å². The van der Waals surface area contributed by atoms with Crippen molar-refractivity contribution >= 4 is 15.7 Å². The third-order valence-corrected chi connectivity index (χ3v) is 5.54. The highest BCUT2D eigenvalue weighted by Crippen LogP contribution is 2.34.